The van der Waals surface area contributed by atoms with Gasteiger partial charge in [0.05, 0.1) is 13.1 Å². The van der Waals surface area contributed by atoms with Crippen molar-refractivity contribution in [1.82, 2.24) is 4.90 Å². The minimum Gasteiger partial charge on any atom is -0.337 e. The lowest BCUT2D eigenvalue weighted by atomic mass is 9.48. The molecular weight excluding hydrogens is 240 g/mol. The summed E-state index contributed by atoms with van der Waals surface area (Å²) in [4.78, 5) is 25.7. The summed E-state index contributed by atoms with van der Waals surface area (Å²) in [5.74, 6) is 2.45. The van der Waals surface area contributed by atoms with E-state index in [0.29, 0.717) is 0 Å². The molecule has 0 aliphatic heterocycles. The van der Waals surface area contributed by atoms with Crippen molar-refractivity contribution in [2.75, 3.05) is 20.1 Å². The molecule has 106 valence electrons. The van der Waals surface area contributed by atoms with Gasteiger partial charge in [-0.3, -0.25) is 9.59 Å². The van der Waals surface area contributed by atoms with Crippen LogP contribution in [0.1, 0.15) is 38.5 Å². The molecule has 0 heterocycles. The number of Topliss-reactive ketones (excluding diaryl/α,β-unsaturated/α-hetero) is 1. The van der Waals surface area contributed by atoms with Gasteiger partial charge in [0.2, 0.25) is 5.91 Å². The number of carbonyl (C=O) groups excluding carboxylic acids is 2. The minimum atomic E-state index is -0.141. The zero-order valence-electron chi connectivity index (χ0n) is 11.7. The molecule has 4 heteroatoms. The quantitative estimate of drug-likeness (QED) is 0.829. The Bertz CT molecular complexity index is 370. The Morgan fingerprint density at radius 3 is 2.00 bits per heavy atom. The number of nitrogens with two attached hydrogens (primary N) is 1. The number of ketones is 1. The molecule has 4 aliphatic carbocycles. The fraction of sp³-hybridized carbons (Fsp3) is 0.867. The first-order valence-corrected chi connectivity index (χ1v) is 7.50. The van der Waals surface area contributed by atoms with Crippen LogP contribution in [0.3, 0.4) is 0 Å². The fourth-order valence-corrected chi connectivity index (χ4v) is 5.08. The number of likely N-dealkylation sites (N-methyl/N-ethyl adjacent to an activating group) is 1. The van der Waals surface area contributed by atoms with Crippen LogP contribution >= 0.6 is 0 Å². The predicted octanol–water partition coefficient (Wildman–Crippen LogP) is 1.19. The Kier molecular flexibility index (Phi) is 3.16. The van der Waals surface area contributed by atoms with Crippen molar-refractivity contribution in [3.8, 4) is 0 Å². The summed E-state index contributed by atoms with van der Waals surface area (Å²) in [6.07, 6.45) is 7.23. The zero-order valence-corrected chi connectivity index (χ0v) is 11.7. The first-order valence-electron chi connectivity index (χ1n) is 7.50. The van der Waals surface area contributed by atoms with Gasteiger partial charge < -0.3 is 10.6 Å². The molecule has 0 aromatic rings. The van der Waals surface area contributed by atoms with E-state index in [-0.39, 0.29) is 30.2 Å². The Labute approximate surface area is 114 Å². The second kappa shape index (κ2) is 4.58. The largest absolute Gasteiger partial charge is 0.337 e. The third-order valence-corrected chi connectivity index (χ3v) is 5.61. The van der Waals surface area contributed by atoms with Gasteiger partial charge in [0, 0.05) is 12.5 Å². The van der Waals surface area contributed by atoms with Crippen LogP contribution < -0.4 is 5.73 Å². The standard InChI is InChI=1S/C15H24N2O2/c1-17(14(19)8-16)9-13(18)15-5-10-2-11(6-15)4-12(3-10)7-15/h10-12H,2-9,16H2,1H3. The lowest BCUT2D eigenvalue weighted by Gasteiger charge is -2.56. The van der Waals surface area contributed by atoms with Gasteiger partial charge in [-0.15, -0.1) is 0 Å². The summed E-state index contributed by atoms with van der Waals surface area (Å²) in [5.41, 5.74) is 5.25. The number of hydrogen-bond acceptors (Lipinski definition) is 3. The monoisotopic (exact) mass is 264 g/mol. The highest BCUT2D eigenvalue weighted by Gasteiger charge is 2.54. The third kappa shape index (κ3) is 2.20. The lowest BCUT2D eigenvalue weighted by molar-refractivity contribution is -0.147. The molecule has 4 fully saturated rings. The molecule has 19 heavy (non-hydrogen) atoms. The zero-order chi connectivity index (χ0) is 13.6. The molecule has 4 bridgehead atoms. The Hall–Kier alpha value is -0.900. The maximum Gasteiger partial charge on any atom is 0.236 e. The van der Waals surface area contributed by atoms with E-state index in [0.717, 1.165) is 37.0 Å². The molecule has 0 aromatic carbocycles. The number of carbonyl (C=O) groups is 2. The first kappa shape index (κ1) is 13.1. The van der Waals surface area contributed by atoms with E-state index in [1.54, 1.807) is 7.05 Å². The highest BCUT2D eigenvalue weighted by atomic mass is 16.2. The highest BCUT2D eigenvalue weighted by molar-refractivity contribution is 5.90. The summed E-state index contributed by atoms with van der Waals surface area (Å²) in [6.45, 7) is 0.243. The SMILES string of the molecule is CN(CC(=O)C12CC3CC(CC(C3)C1)C2)C(=O)CN. The summed E-state index contributed by atoms with van der Waals surface area (Å²) in [7, 11) is 1.69. The topological polar surface area (TPSA) is 63.4 Å². The van der Waals surface area contributed by atoms with Gasteiger partial charge in [-0.25, -0.2) is 0 Å². The Morgan fingerprint density at radius 2 is 1.58 bits per heavy atom. The Balaban J connectivity index is 1.71. The molecule has 0 radical (unpaired) electrons. The van der Waals surface area contributed by atoms with Crippen LogP contribution in [-0.2, 0) is 9.59 Å². The molecule has 1 amide bonds. The van der Waals surface area contributed by atoms with Crippen LogP contribution in [0, 0.1) is 23.2 Å². The van der Waals surface area contributed by atoms with Crippen LogP contribution in [0.4, 0.5) is 0 Å². The average molecular weight is 264 g/mol. The van der Waals surface area contributed by atoms with Gasteiger partial charge in [-0.05, 0) is 56.3 Å². The number of rotatable bonds is 4. The summed E-state index contributed by atoms with van der Waals surface area (Å²) in [6, 6.07) is 0. The van der Waals surface area contributed by atoms with Gasteiger partial charge in [0.25, 0.3) is 0 Å². The van der Waals surface area contributed by atoms with E-state index >= 15 is 0 Å². The van der Waals surface area contributed by atoms with E-state index in [1.807, 2.05) is 0 Å². The van der Waals surface area contributed by atoms with Crippen molar-refractivity contribution < 1.29 is 9.59 Å². The van der Waals surface area contributed by atoms with E-state index in [4.69, 9.17) is 5.73 Å². The molecule has 4 rings (SSSR count). The van der Waals surface area contributed by atoms with Crippen LogP contribution in [0.25, 0.3) is 0 Å². The van der Waals surface area contributed by atoms with Crippen molar-refractivity contribution in [3.05, 3.63) is 0 Å². The summed E-state index contributed by atoms with van der Waals surface area (Å²) >= 11 is 0. The first-order chi connectivity index (χ1) is 9.02. The molecule has 0 unspecified atom stereocenters. The number of hydrogen-bond donors (Lipinski definition) is 1. The molecule has 4 aliphatic rings. The predicted molar refractivity (Wildman–Crippen MR) is 72.3 cm³/mol. The molecular formula is C15H24N2O2. The second-order valence-electron chi connectivity index (χ2n) is 7.07. The maximum atomic E-state index is 12.7. The summed E-state index contributed by atoms with van der Waals surface area (Å²) < 4.78 is 0. The molecule has 2 N–H and O–H groups in total. The van der Waals surface area contributed by atoms with Crippen LogP contribution in [0.2, 0.25) is 0 Å². The normalized spacial score (nSPS) is 39.4. The highest BCUT2D eigenvalue weighted by Crippen LogP contribution is 2.60. The van der Waals surface area contributed by atoms with Crippen molar-refractivity contribution in [1.29, 1.82) is 0 Å². The van der Waals surface area contributed by atoms with E-state index in [2.05, 4.69) is 0 Å². The smallest absolute Gasteiger partial charge is 0.236 e. The molecule has 0 aromatic heterocycles. The van der Waals surface area contributed by atoms with Crippen LogP contribution in [-0.4, -0.2) is 36.7 Å². The minimum absolute atomic E-state index is 0.00927. The van der Waals surface area contributed by atoms with Gasteiger partial charge in [0.15, 0.2) is 5.78 Å². The van der Waals surface area contributed by atoms with Crippen LogP contribution in [0.15, 0.2) is 0 Å². The van der Waals surface area contributed by atoms with E-state index < -0.39 is 0 Å². The average Bonchev–Trinajstić information content (AvgIpc) is 2.36. The number of amides is 1. The van der Waals surface area contributed by atoms with Gasteiger partial charge >= 0.3 is 0 Å². The third-order valence-electron chi connectivity index (χ3n) is 5.61. The van der Waals surface area contributed by atoms with Gasteiger partial charge in [0.1, 0.15) is 0 Å². The molecule has 4 nitrogen and oxygen atoms in total. The van der Waals surface area contributed by atoms with Crippen LogP contribution in [0.5, 0.6) is 0 Å². The second-order valence-corrected chi connectivity index (χ2v) is 7.07. The van der Waals surface area contributed by atoms with Gasteiger partial charge in [-0.1, -0.05) is 0 Å². The van der Waals surface area contributed by atoms with Crippen molar-refractivity contribution in [2.45, 2.75) is 38.5 Å². The fourth-order valence-electron chi connectivity index (χ4n) is 5.08. The van der Waals surface area contributed by atoms with Crippen molar-refractivity contribution >= 4 is 11.7 Å². The van der Waals surface area contributed by atoms with Gasteiger partial charge in [-0.2, -0.15) is 0 Å². The van der Waals surface area contributed by atoms with Crippen molar-refractivity contribution in [3.63, 3.8) is 0 Å². The van der Waals surface area contributed by atoms with E-state index in [1.165, 1.54) is 24.2 Å². The molecule has 0 atom stereocenters. The molecule has 0 saturated heterocycles. The lowest BCUT2D eigenvalue weighted by Crippen LogP contribution is -2.52. The molecule has 4 saturated carbocycles. The maximum absolute atomic E-state index is 12.7. The summed E-state index contributed by atoms with van der Waals surface area (Å²) in [5, 5.41) is 0. The Morgan fingerprint density at radius 1 is 1.11 bits per heavy atom. The number of nitrogens with zero attached hydrogens (tertiary/aromatic N) is 1. The van der Waals surface area contributed by atoms with Crippen molar-refractivity contribution in [2.24, 2.45) is 28.9 Å². The molecule has 0 spiro atoms. The van der Waals surface area contributed by atoms with E-state index in [9.17, 15) is 9.59 Å².